The number of hydrogen-bond acceptors (Lipinski definition) is 4. The second-order valence-corrected chi connectivity index (χ2v) is 6.69. The number of amides is 2. The summed E-state index contributed by atoms with van der Waals surface area (Å²) in [7, 11) is 0. The van der Waals surface area contributed by atoms with Crippen molar-refractivity contribution in [1.29, 1.82) is 0 Å². The lowest BCUT2D eigenvalue weighted by Crippen LogP contribution is -2.44. The van der Waals surface area contributed by atoms with Crippen LogP contribution in [0.1, 0.15) is 31.4 Å². The van der Waals surface area contributed by atoms with Crippen LogP contribution in [0.5, 0.6) is 0 Å². The van der Waals surface area contributed by atoms with E-state index in [2.05, 4.69) is 15.6 Å². The highest BCUT2D eigenvalue weighted by Gasteiger charge is 2.26. The zero-order chi connectivity index (χ0) is 19.2. The number of carbonyl (C=O) groups is 2. The first-order chi connectivity index (χ1) is 13.0. The van der Waals surface area contributed by atoms with Gasteiger partial charge in [0.2, 0.25) is 5.89 Å². The summed E-state index contributed by atoms with van der Waals surface area (Å²) < 4.78 is 18.3. The van der Waals surface area contributed by atoms with Gasteiger partial charge in [-0.25, -0.2) is 14.2 Å². The first-order valence-corrected chi connectivity index (χ1v) is 8.99. The van der Waals surface area contributed by atoms with Crippen molar-refractivity contribution >= 4 is 12.0 Å². The Hall–Kier alpha value is -2.90. The Bertz CT molecular complexity index is 783. The number of aliphatic carboxylic acids is 1. The number of oxazole rings is 1. The summed E-state index contributed by atoms with van der Waals surface area (Å²) in [6, 6.07) is 5.61. The zero-order valence-electron chi connectivity index (χ0n) is 14.8. The Balaban J connectivity index is 1.39. The minimum atomic E-state index is -0.759. The van der Waals surface area contributed by atoms with Gasteiger partial charge in [-0.2, -0.15) is 0 Å². The van der Waals surface area contributed by atoms with E-state index in [0.717, 1.165) is 0 Å². The minimum absolute atomic E-state index is 0.0118. The maximum absolute atomic E-state index is 12.9. The summed E-state index contributed by atoms with van der Waals surface area (Å²) in [5.41, 5.74) is 1.38. The highest BCUT2D eigenvalue weighted by Crippen LogP contribution is 2.24. The number of nitrogens with zero attached hydrogens (tertiary/aromatic N) is 1. The van der Waals surface area contributed by atoms with E-state index in [-0.39, 0.29) is 23.8 Å². The van der Waals surface area contributed by atoms with Crippen LogP contribution in [0.25, 0.3) is 11.5 Å². The zero-order valence-corrected chi connectivity index (χ0v) is 14.8. The number of aromatic nitrogens is 1. The summed E-state index contributed by atoms with van der Waals surface area (Å²) in [4.78, 5) is 27.2. The van der Waals surface area contributed by atoms with Crippen molar-refractivity contribution in [1.82, 2.24) is 15.6 Å². The third-order valence-electron chi connectivity index (χ3n) is 4.72. The normalized spacial score (nSPS) is 19.4. The standard InChI is InChI=1S/C19H22FN3O4/c20-14-5-1-12(2-6-14)17-22-16(11-27-17)9-10-21-19(26)23-15-7-3-13(4-8-15)18(24)25/h1-2,5-6,11,13,15H,3-4,7-10H2,(H,24,25)(H2,21,23,26). The molecule has 0 bridgehead atoms. The molecule has 7 nitrogen and oxygen atoms in total. The summed E-state index contributed by atoms with van der Waals surface area (Å²) >= 11 is 0. The number of halogens is 1. The molecule has 1 aliphatic carbocycles. The molecule has 1 aromatic carbocycles. The van der Waals surface area contributed by atoms with E-state index in [0.29, 0.717) is 55.8 Å². The number of rotatable bonds is 6. The van der Waals surface area contributed by atoms with Gasteiger partial charge in [-0.15, -0.1) is 0 Å². The average Bonchev–Trinajstić information content (AvgIpc) is 3.11. The molecule has 0 spiro atoms. The van der Waals surface area contributed by atoms with Crippen LogP contribution in [0.15, 0.2) is 34.9 Å². The number of nitrogens with one attached hydrogen (secondary N) is 2. The Kier molecular flexibility index (Phi) is 6.05. The predicted octanol–water partition coefficient (Wildman–Crippen LogP) is 2.97. The van der Waals surface area contributed by atoms with E-state index in [4.69, 9.17) is 9.52 Å². The molecule has 144 valence electrons. The molecule has 1 saturated carbocycles. The van der Waals surface area contributed by atoms with E-state index in [1.807, 2.05) is 0 Å². The monoisotopic (exact) mass is 375 g/mol. The topological polar surface area (TPSA) is 104 Å². The number of carboxylic acids is 1. The highest BCUT2D eigenvalue weighted by molar-refractivity contribution is 5.74. The summed E-state index contributed by atoms with van der Waals surface area (Å²) in [5, 5.41) is 14.6. The van der Waals surface area contributed by atoms with Crippen molar-refractivity contribution in [3.05, 3.63) is 42.0 Å². The SMILES string of the molecule is O=C(NCCc1coc(-c2ccc(F)cc2)n1)NC1CCC(C(=O)O)CC1. The molecule has 1 aromatic heterocycles. The van der Waals surface area contributed by atoms with Crippen LogP contribution in [0.4, 0.5) is 9.18 Å². The van der Waals surface area contributed by atoms with Gasteiger partial charge in [-0.1, -0.05) is 0 Å². The van der Waals surface area contributed by atoms with Gasteiger partial charge in [0.1, 0.15) is 12.1 Å². The molecule has 0 saturated heterocycles. The molecular formula is C19H22FN3O4. The van der Waals surface area contributed by atoms with E-state index >= 15 is 0 Å². The molecular weight excluding hydrogens is 353 g/mol. The van der Waals surface area contributed by atoms with Gasteiger partial charge < -0.3 is 20.2 Å². The van der Waals surface area contributed by atoms with Crippen molar-refractivity contribution in [3.8, 4) is 11.5 Å². The Morgan fingerprint density at radius 1 is 1.19 bits per heavy atom. The van der Waals surface area contributed by atoms with Crippen molar-refractivity contribution in [2.24, 2.45) is 5.92 Å². The van der Waals surface area contributed by atoms with Crippen LogP contribution >= 0.6 is 0 Å². The predicted molar refractivity (Wildman–Crippen MR) is 95.5 cm³/mol. The summed E-state index contributed by atoms with van der Waals surface area (Å²) in [5.74, 6) is -0.971. The molecule has 0 unspecified atom stereocenters. The lowest BCUT2D eigenvalue weighted by Gasteiger charge is -2.26. The molecule has 1 heterocycles. The fraction of sp³-hybridized carbons (Fsp3) is 0.421. The number of urea groups is 1. The molecule has 27 heavy (non-hydrogen) atoms. The first kappa shape index (κ1) is 18.9. The van der Waals surface area contributed by atoms with Gasteiger partial charge in [0.05, 0.1) is 11.6 Å². The van der Waals surface area contributed by atoms with Gasteiger partial charge in [-0.3, -0.25) is 4.79 Å². The van der Waals surface area contributed by atoms with Crippen LogP contribution in [-0.4, -0.2) is 34.7 Å². The third-order valence-corrected chi connectivity index (χ3v) is 4.72. The molecule has 2 aromatic rings. The summed E-state index contributed by atoms with van der Waals surface area (Å²) in [6.45, 7) is 0.395. The van der Waals surface area contributed by atoms with Gasteiger partial charge in [-0.05, 0) is 49.9 Å². The second-order valence-electron chi connectivity index (χ2n) is 6.69. The smallest absolute Gasteiger partial charge is 0.315 e. The van der Waals surface area contributed by atoms with Crippen molar-refractivity contribution in [2.45, 2.75) is 38.1 Å². The van der Waals surface area contributed by atoms with Crippen LogP contribution in [-0.2, 0) is 11.2 Å². The second kappa shape index (κ2) is 8.66. The maximum atomic E-state index is 12.9. The lowest BCUT2D eigenvalue weighted by atomic mass is 9.86. The molecule has 1 aliphatic rings. The van der Waals surface area contributed by atoms with Crippen molar-refractivity contribution < 1.29 is 23.5 Å². The Morgan fingerprint density at radius 3 is 2.56 bits per heavy atom. The average molecular weight is 375 g/mol. The van der Waals surface area contributed by atoms with Gasteiger partial charge in [0.15, 0.2) is 0 Å². The fourth-order valence-electron chi connectivity index (χ4n) is 3.17. The molecule has 0 atom stereocenters. The molecule has 1 fully saturated rings. The van der Waals surface area contributed by atoms with Gasteiger partial charge in [0, 0.05) is 24.6 Å². The maximum Gasteiger partial charge on any atom is 0.315 e. The summed E-state index contributed by atoms with van der Waals surface area (Å²) in [6.07, 6.45) is 4.55. The first-order valence-electron chi connectivity index (χ1n) is 8.99. The van der Waals surface area contributed by atoms with Crippen LogP contribution in [0.2, 0.25) is 0 Å². The highest BCUT2D eigenvalue weighted by atomic mass is 19.1. The van der Waals surface area contributed by atoms with Crippen LogP contribution in [0, 0.1) is 11.7 Å². The van der Waals surface area contributed by atoms with E-state index < -0.39 is 5.97 Å². The Morgan fingerprint density at radius 2 is 1.89 bits per heavy atom. The largest absolute Gasteiger partial charge is 0.481 e. The number of carbonyl (C=O) groups excluding carboxylic acids is 1. The molecule has 0 aliphatic heterocycles. The van der Waals surface area contributed by atoms with E-state index in [1.165, 1.54) is 18.4 Å². The van der Waals surface area contributed by atoms with Crippen LogP contribution in [0.3, 0.4) is 0 Å². The minimum Gasteiger partial charge on any atom is -0.481 e. The molecule has 2 amide bonds. The number of benzene rings is 1. The van der Waals surface area contributed by atoms with E-state index in [1.54, 1.807) is 12.1 Å². The molecule has 0 radical (unpaired) electrons. The van der Waals surface area contributed by atoms with Crippen LogP contribution < -0.4 is 10.6 Å². The van der Waals surface area contributed by atoms with Gasteiger partial charge in [0.25, 0.3) is 0 Å². The Labute approximate surface area is 156 Å². The van der Waals surface area contributed by atoms with Crippen molar-refractivity contribution in [3.63, 3.8) is 0 Å². The van der Waals surface area contributed by atoms with Crippen molar-refractivity contribution in [2.75, 3.05) is 6.54 Å². The molecule has 3 N–H and O–H groups in total. The fourth-order valence-corrected chi connectivity index (χ4v) is 3.17. The molecule has 3 rings (SSSR count). The lowest BCUT2D eigenvalue weighted by molar-refractivity contribution is -0.142. The number of hydrogen-bond donors (Lipinski definition) is 3. The third kappa shape index (κ3) is 5.29. The number of carboxylic acid groups (broad SMARTS) is 1. The van der Waals surface area contributed by atoms with E-state index in [9.17, 15) is 14.0 Å². The quantitative estimate of drug-likeness (QED) is 0.720. The molecule has 8 heteroatoms. The van der Waals surface area contributed by atoms with Gasteiger partial charge >= 0.3 is 12.0 Å².